The summed E-state index contributed by atoms with van der Waals surface area (Å²) >= 11 is 0. The summed E-state index contributed by atoms with van der Waals surface area (Å²) in [7, 11) is -1.20. The quantitative estimate of drug-likeness (QED) is 0.735. The van der Waals surface area contributed by atoms with Crippen LogP contribution in [0.5, 0.6) is 0 Å². The van der Waals surface area contributed by atoms with Crippen LogP contribution in [0.1, 0.15) is 19.4 Å². The SMILES string of the molecule is CCO[SiH](C)OCC.Cc1ccccc1. The van der Waals surface area contributed by atoms with Gasteiger partial charge in [-0.1, -0.05) is 35.9 Å². The summed E-state index contributed by atoms with van der Waals surface area (Å²) in [5.74, 6) is 0. The second-order valence-electron chi connectivity index (χ2n) is 3.13. The van der Waals surface area contributed by atoms with Crippen molar-refractivity contribution < 1.29 is 8.85 Å². The summed E-state index contributed by atoms with van der Waals surface area (Å²) in [4.78, 5) is 0. The summed E-state index contributed by atoms with van der Waals surface area (Å²) in [5, 5.41) is 0. The highest BCUT2D eigenvalue weighted by Crippen LogP contribution is 1.92. The normalized spacial score (nSPS) is 9.67. The minimum atomic E-state index is -1.20. The van der Waals surface area contributed by atoms with Crippen LogP contribution in [0.4, 0.5) is 0 Å². The maximum Gasteiger partial charge on any atom is 0.318 e. The monoisotopic (exact) mass is 226 g/mol. The first kappa shape index (κ1) is 14.4. The van der Waals surface area contributed by atoms with Gasteiger partial charge >= 0.3 is 9.28 Å². The second kappa shape index (κ2) is 9.89. The van der Waals surface area contributed by atoms with Crippen LogP contribution in [-0.2, 0) is 8.85 Å². The van der Waals surface area contributed by atoms with Crippen molar-refractivity contribution in [1.82, 2.24) is 0 Å². The van der Waals surface area contributed by atoms with Crippen molar-refractivity contribution in [2.24, 2.45) is 0 Å². The minimum Gasteiger partial charge on any atom is -0.397 e. The molecule has 1 rings (SSSR count). The van der Waals surface area contributed by atoms with Gasteiger partial charge in [0.25, 0.3) is 0 Å². The zero-order chi connectivity index (χ0) is 11.5. The largest absolute Gasteiger partial charge is 0.397 e. The molecule has 0 heterocycles. The van der Waals surface area contributed by atoms with Crippen LogP contribution in [-0.4, -0.2) is 22.5 Å². The van der Waals surface area contributed by atoms with E-state index in [1.807, 2.05) is 38.6 Å². The lowest BCUT2D eigenvalue weighted by Gasteiger charge is -2.07. The van der Waals surface area contributed by atoms with E-state index in [9.17, 15) is 0 Å². The summed E-state index contributed by atoms with van der Waals surface area (Å²) in [6.45, 7) is 9.67. The van der Waals surface area contributed by atoms with Gasteiger partial charge in [-0.15, -0.1) is 0 Å². The number of benzene rings is 1. The highest BCUT2D eigenvalue weighted by Gasteiger charge is 1.99. The molecule has 0 aliphatic rings. The van der Waals surface area contributed by atoms with E-state index in [4.69, 9.17) is 8.85 Å². The number of hydrogen-bond acceptors (Lipinski definition) is 2. The Kier molecular flexibility index (Phi) is 9.47. The van der Waals surface area contributed by atoms with E-state index >= 15 is 0 Å². The first-order valence-electron chi connectivity index (χ1n) is 5.45. The maximum absolute atomic E-state index is 5.20. The molecule has 1 aromatic rings. The van der Waals surface area contributed by atoms with Crippen LogP contribution in [0.15, 0.2) is 30.3 Å². The molecular weight excluding hydrogens is 204 g/mol. The molecule has 0 fully saturated rings. The molecule has 0 N–H and O–H groups in total. The van der Waals surface area contributed by atoms with Gasteiger partial charge < -0.3 is 8.85 Å². The molecule has 0 unspecified atom stereocenters. The summed E-state index contributed by atoms with van der Waals surface area (Å²) < 4.78 is 10.4. The van der Waals surface area contributed by atoms with Crippen molar-refractivity contribution in [2.75, 3.05) is 13.2 Å². The highest BCUT2D eigenvalue weighted by molar-refractivity contribution is 6.42. The highest BCUT2D eigenvalue weighted by atomic mass is 28.3. The average Bonchev–Trinajstić information content (AvgIpc) is 2.20. The van der Waals surface area contributed by atoms with Crippen LogP contribution < -0.4 is 0 Å². The number of rotatable bonds is 4. The van der Waals surface area contributed by atoms with E-state index in [-0.39, 0.29) is 0 Å². The van der Waals surface area contributed by atoms with E-state index in [0.717, 1.165) is 13.2 Å². The molecule has 1 aromatic carbocycles. The fraction of sp³-hybridized carbons (Fsp3) is 0.500. The van der Waals surface area contributed by atoms with Crippen molar-refractivity contribution >= 4 is 9.28 Å². The number of aryl methyl sites for hydroxylation is 1. The Morgan fingerprint density at radius 1 is 1.00 bits per heavy atom. The predicted octanol–water partition coefficient (Wildman–Crippen LogP) is 2.90. The van der Waals surface area contributed by atoms with Crippen LogP contribution in [0.25, 0.3) is 0 Å². The summed E-state index contributed by atoms with van der Waals surface area (Å²) in [6, 6.07) is 10.3. The summed E-state index contributed by atoms with van der Waals surface area (Å²) in [6.07, 6.45) is 0. The lowest BCUT2D eigenvalue weighted by molar-refractivity contribution is 0.219. The van der Waals surface area contributed by atoms with Gasteiger partial charge in [0.15, 0.2) is 0 Å². The van der Waals surface area contributed by atoms with Gasteiger partial charge in [-0.2, -0.15) is 0 Å². The molecule has 2 nitrogen and oxygen atoms in total. The van der Waals surface area contributed by atoms with Crippen molar-refractivity contribution in [2.45, 2.75) is 27.3 Å². The van der Waals surface area contributed by atoms with Crippen LogP contribution >= 0.6 is 0 Å². The molecule has 0 aliphatic carbocycles. The lowest BCUT2D eigenvalue weighted by Crippen LogP contribution is -2.17. The van der Waals surface area contributed by atoms with Crippen molar-refractivity contribution in [1.29, 1.82) is 0 Å². The first-order chi connectivity index (χ1) is 7.20. The third-order valence-corrected chi connectivity index (χ3v) is 3.35. The molecule has 0 atom stereocenters. The van der Waals surface area contributed by atoms with E-state index < -0.39 is 9.28 Å². The molecule has 0 saturated carbocycles. The van der Waals surface area contributed by atoms with Gasteiger partial charge in [-0.25, -0.2) is 0 Å². The Bertz CT molecular complexity index is 220. The molecule has 0 bridgehead atoms. The van der Waals surface area contributed by atoms with Gasteiger partial charge in [-0.05, 0) is 27.3 Å². The first-order valence-corrected chi connectivity index (χ1v) is 7.55. The average molecular weight is 226 g/mol. The Morgan fingerprint density at radius 3 is 1.73 bits per heavy atom. The van der Waals surface area contributed by atoms with Crippen LogP contribution in [0.2, 0.25) is 6.55 Å². The molecule has 0 aliphatic heterocycles. The predicted molar refractivity (Wildman–Crippen MR) is 67.4 cm³/mol. The third-order valence-electron chi connectivity index (χ3n) is 1.74. The Morgan fingerprint density at radius 2 is 1.47 bits per heavy atom. The maximum atomic E-state index is 5.20. The molecule has 0 radical (unpaired) electrons. The molecule has 15 heavy (non-hydrogen) atoms. The van der Waals surface area contributed by atoms with E-state index in [2.05, 4.69) is 19.1 Å². The molecule has 0 spiro atoms. The fourth-order valence-corrected chi connectivity index (χ4v) is 2.09. The van der Waals surface area contributed by atoms with Crippen molar-refractivity contribution in [3.8, 4) is 0 Å². The molecule has 3 heteroatoms. The molecule has 0 aromatic heterocycles. The van der Waals surface area contributed by atoms with E-state index in [1.165, 1.54) is 5.56 Å². The zero-order valence-electron chi connectivity index (χ0n) is 10.2. The zero-order valence-corrected chi connectivity index (χ0v) is 11.3. The summed E-state index contributed by atoms with van der Waals surface area (Å²) in [5.41, 5.74) is 1.32. The van der Waals surface area contributed by atoms with Crippen molar-refractivity contribution in [3.63, 3.8) is 0 Å². The topological polar surface area (TPSA) is 18.5 Å². The molecule has 0 saturated heterocycles. The van der Waals surface area contributed by atoms with Gasteiger partial charge in [0, 0.05) is 13.2 Å². The molecular formula is C12H22O2Si. The minimum absolute atomic E-state index is 0.785. The van der Waals surface area contributed by atoms with Crippen LogP contribution in [0.3, 0.4) is 0 Å². The third kappa shape index (κ3) is 9.66. The molecule has 86 valence electrons. The van der Waals surface area contributed by atoms with E-state index in [0.29, 0.717) is 0 Å². The second-order valence-corrected chi connectivity index (χ2v) is 4.93. The Balaban J connectivity index is 0.000000262. The van der Waals surface area contributed by atoms with Gasteiger partial charge in [0.1, 0.15) is 0 Å². The van der Waals surface area contributed by atoms with Crippen LogP contribution in [0, 0.1) is 6.92 Å². The smallest absolute Gasteiger partial charge is 0.318 e. The Hall–Kier alpha value is -0.643. The van der Waals surface area contributed by atoms with Gasteiger partial charge in [0.05, 0.1) is 0 Å². The fourth-order valence-electron chi connectivity index (χ4n) is 1.05. The standard InChI is InChI=1S/C7H8.C5H14O2Si/c1-7-5-3-2-4-6-7;1-4-6-8(3)7-5-2/h2-6H,1H3;8H,4-5H2,1-3H3. The molecule has 0 amide bonds. The van der Waals surface area contributed by atoms with Crippen molar-refractivity contribution in [3.05, 3.63) is 35.9 Å². The lowest BCUT2D eigenvalue weighted by atomic mass is 10.2. The van der Waals surface area contributed by atoms with Gasteiger partial charge in [0.2, 0.25) is 0 Å². The number of hydrogen-bond donors (Lipinski definition) is 0. The van der Waals surface area contributed by atoms with E-state index in [1.54, 1.807) is 0 Å². The Labute approximate surface area is 95.1 Å². The van der Waals surface area contributed by atoms with Gasteiger partial charge in [-0.3, -0.25) is 0 Å².